The van der Waals surface area contributed by atoms with E-state index in [0.717, 1.165) is 6.42 Å². The molecule has 100 valence electrons. The van der Waals surface area contributed by atoms with E-state index in [1.165, 1.54) is 0 Å². The van der Waals surface area contributed by atoms with Gasteiger partial charge in [0.25, 0.3) is 0 Å². The summed E-state index contributed by atoms with van der Waals surface area (Å²) >= 11 is 0. The standard InChI is InChI=1S/C11H18N4O3/c12-8(5-9(13)16)11(18)14-3-4-15-7(6-14)1-2-10(15)17/h7-8H,1-6,12H2,(H2,13,16). The molecule has 0 aliphatic carbocycles. The maximum Gasteiger partial charge on any atom is 0.240 e. The highest BCUT2D eigenvalue weighted by atomic mass is 16.2. The molecule has 2 aliphatic rings. The maximum atomic E-state index is 12.0. The van der Waals surface area contributed by atoms with Crippen molar-refractivity contribution in [2.45, 2.75) is 31.3 Å². The minimum Gasteiger partial charge on any atom is -0.370 e. The van der Waals surface area contributed by atoms with Crippen molar-refractivity contribution in [1.29, 1.82) is 0 Å². The first kappa shape index (κ1) is 12.8. The van der Waals surface area contributed by atoms with E-state index >= 15 is 0 Å². The Morgan fingerprint density at radius 2 is 2.11 bits per heavy atom. The molecular weight excluding hydrogens is 236 g/mol. The molecule has 0 aromatic carbocycles. The Hall–Kier alpha value is -1.63. The van der Waals surface area contributed by atoms with Gasteiger partial charge in [-0.15, -0.1) is 0 Å². The first-order valence-corrected chi connectivity index (χ1v) is 6.11. The predicted molar refractivity (Wildman–Crippen MR) is 63.1 cm³/mol. The lowest BCUT2D eigenvalue weighted by Crippen LogP contribution is -2.56. The predicted octanol–water partition coefficient (Wildman–Crippen LogP) is -1.98. The summed E-state index contributed by atoms with van der Waals surface area (Å²) in [7, 11) is 0. The Balaban J connectivity index is 1.93. The van der Waals surface area contributed by atoms with Crippen LogP contribution in [-0.4, -0.2) is 59.2 Å². The van der Waals surface area contributed by atoms with Gasteiger partial charge in [0.2, 0.25) is 17.7 Å². The van der Waals surface area contributed by atoms with Gasteiger partial charge in [-0.1, -0.05) is 0 Å². The molecular formula is C11H18N4O3. The molecule has 7 heteroatoms. The topological polar surface area (TPSA) is 110 Å². The lowest BCUT2D eigenvalue weighted by atomic mass is 10.1. The third kappa shape index (κ3) is 2.45. The number of hydrogen-bond donors (Lipinski definition) is 2. The van der Waals surface area contributed by atoms with Crippen molar-refractivity contribution < 1.29 is 14.4 Å². The Kier molecular flexibility index (Phi) is 3.51. The van der Waals surface area contributed by atoms with Crippen molar-refractivity contribution in [3.63, 3.8) is 0 Å². The lowest BCUT2D eigenvalue weighted by Gasteiger charge is -2.38. The molecule has 7 nitrogen and oxygen atoms in total. The third-order valence-electron chi connectivity index (χ3n) is 3.54. The van der Waals surface area contributed by atoms with Gasteiger partial charge in [-0.3, -0.25) is 14.4 Å². The number of piperazine rings is 1. The van der Waals surface area contributed by atoms with Crippen molar-refractivity contribution in [3.8, 4) is 0 Å². The third-order valence-corrected chi connectivity index (χ3v) is 3.54. The van der Waals surface area contributed by atoms with Crippen LogP contribution in [0.25, 0.3) is 0 Å². The van der Waals surface area contributed by atoms with E-state index in [1.54, 1.807) is 4.90 Å². The molecule has 2 rings (SSSR count). The highest BCUT2D eigenvalue weighted by Crippen LogP contribution is 2.23. The van der Waals surface area contributed by atoms with Crippen LogP contribution in [0.1, 0.15) is 19.3 Å². The molecule has 2 atom stereocenters. The summed E-state index contributed by atoms with van der Waals surface area (Å²) < 4.78 is 0. The van der Waals surface area contributed by atoms with Crippen LogP contribution in [0.15, 0.2) is 0 Å². The van der Waals surface area contributed by atoms with Gasteiger partial charge in [-0.2, -0.15) is 0 Å². The normalized spacial score (nSPS) is 24.9. The number of nitrogens with two attached hydrogens (primary N) is 2. The van der Waals surface area contributed by atoms with Crippen LogP contribution in [0.2, 0.25) is 0 Å². The number of hydrogen-bond acceptors (Lipinski definition) is 4. The van der Waals surface area contributed by atoms with E-state index < -0.39 is 11.9 Å². The first-order chi connectivity index (χ1) is 8.49. The van der Waals surface area contributed by atoms with Crippen LogP contribution in [-0.2, 0) is 14.4 Å². The number of rotatable bonds is 3. The number of primary amides is 1. The van der Waals surface area contributed by atoms with Gasteiger partial charge < -0.3 is 21.3 Å². The number of carbonyl (C=O) groups is 3. The minimum atomic E-state index is -0.869. The van der Waals surface area contributed by atoms with Gasteiger partial charge in [-0.25, -0.2) is 0 Å². The molecule has 0 aromatic rings. The lowest BCUT2D eigenvalue weighted by molar-refractivity contribution is -0.140. The quantitative estimate of drug-likeness (QED) is 0.608. The summed E-state index contributed by atoms with van der Waals surface area (Å²) in [6, 6.07) is -0.762. The van der Waals surface area contributed by atoms with E-state index in [4.69, 9.17) is 11.5 Å². The summed E-state index contributed by atoms with van der Waals surface area (Å²) in [4.78, 5) is 37.7. The van der Waals surface area contributed by atoms with Crippen LogP contribution in [0, 0.1) is 0 Å². The smallest absolute Gasteiger partial charge is 0.240 e. The largest absolute Gasteiger partial charge is 0.370 e. The van der Waals surface area contributed by atoms with E-state index in [2.05, 4.69) is 0 Å². The van der Waals surface area contributed by atoms with Crippen molar-refractivity contribution >= 4 is 17.7 Å². The molecule has 0 aromatic heterocycles. The molecule has 0 radical (unpaired) electrons. The summed E-state index contributed by atoms with van der Waals surface area (Å²) in [5, 5.41) is 0. The fourth-order valence-electron chi connectivity index (χ4n) is 2.60. The highest BCUT2D eigenvalue weighted by Gasteiger charge is 2.37. The average Bonchev–Trinajstić information content (AvgIpc) is 2.69. The van der Waals surface area contributed by atoms with E-state index in [-0.39, 0.29) is 24.3 Å². The highest BCUT2D eigenvalue weighted by molar-refractivity contribution is 5.88. The first-order valence-electron chi connectivity index (χ1n) is 6.11. The van der Waals surface area contributed by atoms with Crippen LogP contribution in [0.3, 0.4) is 0 Å². The van der Waals surface area contributed by atoms with Crippen molar-refractivity contribution in [2.24, 2.45) is 11.5 Å². The molecule has 0 bridgehead atoms. The van der Waals surface area contributed by atoms with Crippen LogP contribution in [0.5, 0.6) is 0 Å². The van der Waals surface area contributed by atoms with Crippen molar-refractivity contribution in [2.75, 3.05) is 19.6 Å². The fourth-order valence-corrected chi connectivity index (χ4v) is 2.60. The summed E-state index contributed by atoms with van der Waals surface area (Å²) in [5.41, 5.74) is 10.7. The van der Waals surface area contributed by atoms with Crippen molar-refractivity contribution in [1.82, 2.24) is 9.80 Å². The zero-order valence-corrected chi connectivity index (χ0v) is 10.2. The molecule has 2 heterocycles. The fraction of sp³-hybridized carbons (Fsp3) is 0.727. The molecule has 0 spiro atoms. The molecule has 2 unspecified atom stereocenters. The zero-order chi connectivity index (χ0) is 13.3. The second-order valence-electron chi connectivity index (χ2n) is 4.84. The van der Waals surface area contributed by atoms with Crippen LogP contribution in [0.4, 0.5) is 0 Å². The number of carbonyl (C=O) groups excluding carboxylic acids is 3. The van der Waals surface area contributed by atoms with E-state index in [9.17, 15) is 14.4 Å². The van der Waals surface area contributed by atoms with Gasteiger partial charge in [-0.05, 0) is 6.42 Å². The SMILES string of the molecule is NC(=O)CC(N)C(=O)N1CCN2C(=O)CCC2C1. The number of amides is 3. The second-order valence-corrected chi connectivity index (χ2v) is 4.84. The average molecular weight is 254 g/mol. The van der Waals surface area contributed by atoms with Crippen LogP contribution < -0.4 is 11.5 Å². The second kappa shape index (κ2) is 4.93. The van der Waals surface area contributed by atoms with E-state index in [1.807, 2.05) is 4.90 Å². The van der Waals surface area contributed by atoms with Gasteiger partial charge in [0.05, 0.1) is 12.5 Å². The molecule has 18 heavy (non-hydrogen) atoms. The Morgan fingerprint density at radius 1 is 1.39 bits per heavy atom. The zero-order valence-electron chi connectivity index (χ0n) is 10.2. The summed E-state index contributed by atoms with van der Waals surface area (Å²) in [6.07, 6.45) is 1.20. The van der Waals surface area contributed by atoms with Gasteiger partial charge in [0.1, 0.15) is 0 Å². The minimum absolute atomic E-state index is 0.107. The Labute approximate surface area is 105 Å². The summed E-state index contributed by atoms with van der Waals surface area (Å²) in [5.74, 6) is -0.674. The Morgan fingerprint density at radius 3 is 2.78 bits per heavy atom. The maximum absolute atomic E-state index is 12.0. The monoisotopic (exact) mass is 254 g/mol. The number of nitrogens with zero attached hydrogens (tertiary/aromatic N) is 2. The van der Waals surface area contributed by atoms with Gasteiger partial charge >= 0.3 is 0 Å². The molecule has 2 aliphatic heterocycles. The molecule has 0 saturated carbocycles. The molecule has 4 N–H and O–H groups in total. The van der Waals surface area contributed by atoms with Crippen LogP contribution >= 0.6 is 0 Å². The molecule has 2 fully saturated rings. The Bertz CT molecular complexity index is 384. The van der Waals surface area contributed by atoms with Gasteiger partial charge in [0.15, 0.2) is 0 Å². The van der Waals surface area contributed by atoms with E-state index in [0.29, 0.717) is 26.1 Å². The van der Waals surface area contributed by atoms with Gasteiger partial charge in [0, 0.05) is 32.1 Å². The van der Waals surface area contributed by atoms with Crippen molar-refractivity contribution in [3.05, 3.63) is 0 Å². The summed E-state index contributed by atoms with van der Waals surface area (Å²) in [6.45, 7) is 1.54. The number of fused-ring (bicyclic) bond motifs is 1. The molecule has 2 saturated heterocycles. The molecule has 3 amide bonds.